The third-order valence-electron chi connectivity index (χ3n) is 2.95. The summed E-state index contributed by atoms with van der Waals surface area (Å²) in [6, 6.07) is 8.10. The van der Waals surface area contributed by atoms with Gasteiger partial charge in [0.1, 0.15) is 5.82 Å². The second kappa shape index (κ2) is 8.10. The molecule has 0 radical (unpaired) electrons. The van der Waals surface area contributed by atoms with Gasteiger partial charge in [0, 0.05) is 18.7 Å². The lowest BCUT2D eigenvalue weighted by molar-refractivity contribution is 0.102. The normalized spacial score (nSPS) is 10.7. The van der Waals surface area contributed by atoms with E-state index in [9.17, 15) is 4.79 Å². The molecule has 2 rings (SSSR count). The zero-order valence-corrected chi connectivity index (χ0v) is 14.3. The first-order valence-electron chi connectivity index (χ1n) is 6.94. The Hall–Kier alpha value is -1.89. The van der Waals surface area contributed by atoms with E-state index >= 15 is 0 Å². The van der Waals surface area contributed by atoms with Crippen LogP contribution < -0.4 is 10.6 Å². The summed E-state index contributed by atoms with van der Waals surface area (Å²) in [5.41, 5.74) is 0.398. The molecule has 1 aromatic heterocycles. The fourth-order valence-electron chi connectivity index (χ4n) is 1.73. The third-order valence-corrected chi connectivity index (χ3v) is 3.69. The van der Waals surface area contributed by atoms with Crippen LogP contribution >= 0.6 is 23.2 Å². The molecule has 0 spiro atoms. The summed E-state index contributed by atoms with van der Waals surface area (Å²) in [6.07, 6.45) is 0. The number of carbonyl (C=O) groups is 1. The standard InChI is InChI=1S/C15H17Cl2N5O/c1-22(2)8-7-18-13-5-6-14(21-20-13)19-15(23)10-3-4-11(16)12(17)9-10/h3-6,9H,7-8H2,1-2H3,(H,18,20)(H,19,21,23). The van der Waals surface area contributed by atoms with Crippen LogP contribution in [0.2, 0.25) is 10.0 Å². The number of hydrogen-bond donors (Lipinski definition) is 2. The number of aromatic nitrogens is 2. The minimum Gasteiger partial charge on any atom is -0.367 e. The monoisotopic (exact) mass is 353 g/mol. The number of nitrogens with one attached hydrogen (secondary N) is 2. The Morgan fingerprint density at radius 3 is 2.39 bits per heavy atom. The SMILES string of the molecule is CN(C)CCNc1ccc(NC(=O)c2ccc(Cl)c(Cl)c2)nn1. The van der Waals surface area contributed by atoms with Gasteiger partial charge in [-0.2, -0.15) is 0 Å². The summed E-state index contributed by atoms with van der Waals surface area (Å²) in [5, 5.41) is 14.5. The largest absolute Gasteiger partial charge is 0.367 e. The van der Waals surface area contributed by atoms with Gasteiger partial charge < -0.3 is 15.5 Å². The zero-order chi connectivity index (χ0) is 16.8. The zero-order valence-electron chi connectivity index (χ0n) is 12.8. The van der Waals surface area contributed by atoms with Crippen molar-refractivity contribution in [2.45, 2.75) is 0 Å². The average Bonchev–Trinajstić information content (AvgIpc) is 2.51. The highest BCUT2D eigenvalue weighted by Crippen LogP contribution is 2.23. The summed E-state index contributed by atoms with van der Waals surface area (Å²) >= 11 is 11.7. The van der Waals surface area contributed by atoms with E-state index in [1.807, 2.05) is 14.1 Å². The maximum atomic E-state index is 12.1. The molecule has 1 amide bonds. The molecule has 6 nitrogen and oxygen atoms in total. The lowest BCUT2D eigenvalue weighted by atomic mass is 10.2. The summed E-state index contributed by atoms with van der Waals surface area (Å²) < 4.78 is 0. The molecule has 0 atom stereocenters. The minimum absolute atomic E-state index is 0.325. The number of anilines is 2. The van der Waals surface area contributed by atoms with Crippen molar-refractivity contribution < 1.29 is 4.79 Å². The van der Waals surface area contributed by atoms with Gasteiger partial charge >= 0.3 is 0 Å². The van der Waals surface area contributed by atoms with Crippen LogP contribution in [0.5, 0.6) is 0 Å². The van der Waals surface area contributed by atoms with Gasteiger partial charge in [-0.1, -0.05) is 23.2 Å². The van der Waals surface area contributed by atoms with Crippen molar-refractivity contribution in [2.24, 2.45) is 0 Å². The highest BCUT2D eigenvalue weighted by Gasteiger charge is 2.09. The van der Waals surface area contributed by atoms with E-state index in [-0.39, 0.29) is 5.91 Å². The number of rotatable bonds is 6. The molecule has 0 saturated carbocycles. The summed E-state index contributed by atoms with van der Waals surface area (Å²) in [7, 11) is 3.99. The Labute approximate surface area is 144 Å². The Morgan fingerprint density at radius 2 is 1.78 bits per heavy atom. The second-order valence-corrected chi connectivity index (χ2v) is 5.93. The van der Waals surface area contributed by atoms with Crippen LogP contribution in [0.3, 0.4) is 0 Å². The number of amides is 1. The molecule has 0 unspecified atom stereocenters. The first-order chi connectivity index (χ1) is 11.0. The molecular formula is C15H17Cl2N5O. The third kappa shape index (κ3) is 5.35. The summed E-state index contributed by atoms with van der Waals surface area (Å²) in [5.74, 6) is 0.685. The van der Waals surface area contributed by atoms with Crippen LogP contribution in [0.15, 0.2) is 30.3 Å². The van der Waals surface area contributed by atoms with Crippen molar-refractivity contribution in [1.29, 1.82) is 0 Å². The highest BCUT2D eigenvalue weighted by molar-refractivity contribution is 6.42. The molecule has 2 N–H and O–H groups in total. The summed E-state index contributed by atoms with van der Waals surface area (Å²) in [6.45, 7) is 1.65. The van der Waals surface area contributed by atoms with Crippen molar-refractivity contribution >= 4 is 40.7 Å². The fraction of sp³-hybridized carbons (Fsp3) is 0.267. The predicted molar refractivity (Wildman–Crippen MR) is 93.5 cm³/mol. The molecule has 0 aliphatic heterocycles. The van der Waals surface area contributed by atoms with Gasteiger partial charge in [-0.15, -0.1) is 10.2 Å². The molecule has 122 valence electrons. The van der Waals surface area contributed by atoms with Gasteiger partial charge in [-0.05, 0) is 44.4 Å². The lowest BCUT2D eigenvalue weighted by Crippen LogP contribution is -2.21. The van der Waals surface area contributed by atoms with E-state index < -0.39 is 0 Å². The van der Waals surface area contributed by atoms with Crippen molar-refractivity contribution in [2.75, 3.05) is 37.8 Å². The van der Waals surface area contributed by atoms with Gasteiger partial charge in [-0.3, -0.25) is 4.79 Å². The Balaban J connectivity index is 1.94. The van der Waals surface area contributed by atoms with Gasteiger partial charge in [0.15, 0.2) is 5.82 Å². The van der Waals surface area contributed by atoms with E-state index in [1.165, 1.54) is 6.07 Å². The van der Waals surface area contributed by atoms with Crippen molar-refractivity contribution in [3.8, 4) is 0 Å². The van der Waals surface area contributed by atoms with E-state index in [2.05, 4.69) is 25.7 Å². The van der Waals surface area contributed by atoms with E-state index in [0.717, 1.165) is 13.1 Å². The van der Waals surface area contributed by atoms with Crippen LogP contribution in [-0.2, 0) is 0 Å². The first-order valence-corrected chi connectivity index (χ1v) is 7.70. The number of nitrogens with zero attached hydrogens (tertiary/aromatic N) is 3. The van der Waals surface area contributed by atoms with Crippen LogP contribution in [0.1, 0.15) is 10.4 Å². The lowest BCUT2D eigenvalue weighted by Gasteiger charge is -2.10. The molecular weight excluding hydrogens is 337 g/mol. The van der Waals surface area contributed by atoms with Gasteiger partial charge in [0.05, 0.1) is 10.0 Å². The predicted octanol–water partition coefficient (Wildman–Crippen LogP) is 3.01. The van der Waals surface area contributed by atoms with Crippen molar-refractivity contribution in [1.82, 2.24) is 15.1 Å². The maximum Gasteiger partial charge on any atom is 0.256 e. The molecule has 0 fully saturated rings. The quantitative estimate of drug-likeness (QED) is 0.835. The van der Waals surface area contributed by atoms with Gasteiger partial charge in [0.25, 0.3) is 5.91 Å². The molecule has 0 saturated heterocycles. The Bertz CT molecular complexity index is 676. The molecule has 1 heterocycles. The van der Waals surface area contributed by atoms with Gasteiger partial charge in [0.2, 0.25) is 0 Å². The highest BCUT2D eigenvalue weighted by atomic mass is 35.5. The topological polar surface area (TPSA) is 70.2 Å². The molecule has 1 aromatic carbocycles. The van der Waals surface area contributed by atoms with Crippen molar-refractivity contribution in [3.05, 3.63) is 45.9 Å². The number of halogens is 2. The number of carbonyl (C=O) groups excluding carboxylic acids is 1. The molecule has 0 aliphatic carbocycles. The number of likely N-dealkylation sites (N-methyl/N-ethyl adjacent to an activating group) is 1. The molecule has 23 heavy (non-hydrogen) atoms. The van der Waals surface area contributed by atoms with Gasteiger partial charge in [-0.25, -0.2) is 0 Å². The fourth-order valence-corrected chi connectivity index (χ4v) is 2.02. The molecule has 0 bridgehead atoms. The van der Waals surface area contributed by atoms with E-state index in [1.54, 1.807) is 24.3 Å². The van der Waals surface area contributed by atoms with Crippen LogP contribution in [0, 0.1) is 0 Å². The smallest absolute Gasteiger partial charge is 0.256 e. The van der Waals surface area contributed by atoms with Crippen LogP contribution in [-0.4, -0.2) is 48.2 Å². The Kier molecular flexibility index (Phi) is 6.15. The van der Waals surface area contributed by atoms with Crippen LogP contribution in [0.25, 0.3) is 0 Å². The minimum atomic E-state index is -0.328. The molecule has 2 aromatic rings. The summed E-state index contributed by atoms with van der Waals surface area (Å²) in [4.78, 5) is 14.2. The molecule has 8 heteroatoms. The maximum absolute atomic E-state index is 12.1. The van der Waals surface area contributed by atoms with Crippen molar-refractivity contribution in [3.63, 3.8) is 0 Å². The number of benzene rings is 1. The second-order valence-electron chi connectivity index (χ2n) is 5.12. The number of hydrogen-bond acceptors (Lipinski definition) is 5. The average molecular weight is 354 g/mol. The molecule has 0 aliphatic rings. The van der Waals surface area contributed by atoms with E-state index in [0.29, 0.717) is 27.2 Å². The first kappa shape index (κ1) is 17.5. The van der Waals surface area contributed by atoms with E-state index in [4.69, 9.17) is 23.2 Å². The Morgan fingerprint density at radius 1 is 1.09 bits per heavy atom. The van der Waals surface area contributed by atoms with Crippen LogP contribution in [0.4, 0.5) is 11.6 Å².